The van der Waals surface area contributed by atoms with Gasteiger partial charge in [-0.2, -0.15) is 13.2 Å². The molecule has 8 heteroatoms. The maximum atomic E-state index is 13.7. The molecule has 0 aromatic heterocycles. The van der Waals surface area contributed by atoms with Crippen LogP contribution in [-0.2, 0) is 0 Å². The summed E-state index contributed by atoms with van der Waals surface area (Å²) in [5.41, 5.74) is 0.197. The number of nitrogens with zero attached hydrogens (tertiary/aromatic N) is 1. The number of aromatic hydroxyl groups is 1. The fraction of sp³-hybridized carbons (Fsp3) is 0.375. The first-order chi connectivity index (χ1) is 10.5. The average Bonchev–Trinajstić information content (AvgIpc) is 2.50. The predicted octanol–water partition coefficient (Wildman–Crippen LogP) is 3.90. The van der Waals surface area contributed by atoms with Crippen LogP contribution in [0.1, 0.15) is 11.6 Å². The van der Waals surface area contributed by atoms with Crippen LogP contribution >= 0.6 is 24.8 Å². The topological polar surface area (TPSA) is 35.5 Å². The van der Waals surface area contributed by atoms with Crippen molar-refractivity contribution in [2.24, 2.45) is 0 Å². The van der Waals surface area contributed by atoms with E-state index in [1.54, 1.807) is 24.3 Å². The van der Waals surface area contributed by atoms with Gasteiger partial charge in [-0.3, -0.25) is 4.90 Å². The number of phenols is 1. The number of phenolic OH excluding ortho intramolecular Hbond substituents is 1. The average molecular weight is 383 g/mol. The molecule has 2 N–H and O–H groups in total. The van der Waals surface area contributed by atoms with E-state index in [1.807, 2.05) is 0 Å². The summed E-state index contributed by atoms with van der Waals surface area (Å²) in [4.78, 5) is 1.45. The van der Waals surface area contributed by atoms with Crippen LogP contribution in [0.2, 0.25) is 0 Å². The number of nitrogens with one attached hydrogen (secondary N) is 1. The maximum Gasteiger partial charge on any atom is 0.408 e. The number of fused-ring (bicyclic) bond motifs is 1. The molecule has 3 nitrogen and oxygen atoms in total. The van der Waals surface area contributed by atoms with Gasteiger partial charge in [0.2, 0.25) is 0 Å². The van der Waals surface area contributed by atoms with Crippen LogP contribution in [-0.4, -0.2) is 42.4 Å². The third kappa shape index (κ3) is 4.06. The molecular weight excluding hydrogens is 364 g/mol. The fourth-order valence-corrected chi connectivity index (χ4v) is 3.07. The second kappa shape index (κ2) is 8.25. The van der Waals surface area contributed by atoms with Crippen LogP contribution in [0.4, 0.5) is 13.2 Å². The largest absolute Gasteiger partial charge is 0.507 e. The first-order valence-electron chi connectivity index (χ1n) is 7.20. The Morgan fingerprint density at radius 1 is 0.958 bits per heavy atom. The van der Waals surface area contributed by atoms with Gasteiger partial charge >= 0.3 is 6.18 Å². The van der Waals surface area contributed by atoms with Gasteiger partial charge in [0.25, 0.3) is 0 Å². The summed E-state index contributed by atoms with van der Waals surface area (Å²) in [7, 11) is 0. The lowest BCUT2D eigenvalue weighted by molar-refractivity contribution is -0.187. The third-order valence-electron chi connectivity index (χ3n) is 4.06. The van der Waals surface area contributed by atoms with Gasteiger partial charge < -0.3 is 10.4 Å². The van der Waals surface area contributed by atoms with Crippen molar-refractivity contribution in [1.29, 1.82) is 0 Å². The van der Waals surface area contributed by atoms with Crippen LogP contribution in [0.5, 0.6) is 5.75 Å². The van der Waals surface area contributed by atoms with Gasteiger partial charge in [-0.05, 0) is 17.0 Å². The summed E-state index contributed by atoms with van der Waals surface area (Å²) in [5, 5.41) is 13.9. The molecule has 1 saturated heterocycles. The molecule has 24 heavy (non-hydrogen) atoms. The minimum absolute atomic E-state index is 0. The highest BCUT2D eigenvalue weighted by atomic mass is 35.5. The van der Waals surface area contributed by atoms with E-state index in [4.69, 9.17) is 0 Å². The molecule has 0 spiro atoms. The monoisotopic (exact) mass is 382 g/mol. The number of rotatable bonds is 2. The molecule has 0 amide bonds. The molecule has 3 rings (SSSR count). The van der Waals surface area contributed by atoms with Gasteiger partial charge in [0, 0.05) is 31.6 Å². The number of halogens is 5. The van der Waals surface area contributed by atoms with Crippen molar-refractivity contribution in [3.8, 4) is 5.75 Å². The number of benzene rings is 2. The fourth-order valence-electron chi connectivity index (χ4n) is 3.07. The normalized spacial score (nSPS) is 17.0. The Balaban J connectivity index is 0.00000144. The van der Waals surface area contributed by atoms with Gasteiger partial charge in [0.05, 0.1) is 0 Å². The molecule has 1 fully saturated rings. The molecule has 1 heterocycles. The molecule has 0 bridgehead atoms. The maximum absolute atomic E-state index is 13.7. The Hall–Kier alpha value is -1.21. The lowest BCUT2D eigenvalue weighted by Gasteiger charge is -2.36. The van der Waals surface area contributed by atoms with E-state index in [-0.39, 0.29) is 36.1 Å². The lowest BCUT2D eigenvalue weighted by atomic mass is 9.96. The zero-order chi connectivity index (χ0) is 15.7. The van der Waals surface area contributed by atoms with Crippen molar-refractivity contribution in [2.75, 3.05) is 26.2 Å². The summed E-state index contributed by atoms with van der Waals surface area (Å²) in [6.07, 6.45) is -4.36. The molecule has 2 aromatic rings. The summed E-state index contributed by atoms with van der Waals surface area (Å²) < 4.78 is 41.1. The van der Waals surface area contributed by atoms with E-state index < -0.39 is 12.2 Å². The van der Waals surface area contributed by atoms with Crippen molar-refractivity contribution in [2.45, 2.75) is 12.2 Å². The van der Waals surface area contributed by atoms with Crippen LogP contribution in [0.3, 0.4) is 0 Å². The Kier molecular flexibility index (Phi) is 7.16. The summed E-state index contributed by atoms with van der Waals surface area (Å²) >= 11 is 0. The van der Waals surface area contributed by atoms with E-state index in [0.717, 1.165) is 0 Å². The number of piperazine rings is 1. The molecule has 1 aliphatic heterocycles. The quantitative estimate of drug-likeness (QED) is 0.826. The molecule has 0 saturated carbocycles. The van der Waals surface area contributed by atoms with Crippen molar-refractivity contribution in [1.82, 2.24) is 10.2 Å². The molecule has 0 unspecified atom stereocenters. The standard InChI is InChI=1S/C16H17F3N2O.2ClH/c17-16(18,19)15(21-9-7-20-8-10-21)13-5-6-14(22)12-4-2-1-3-11(12)13;;/h1-6,15,20,22H,7-10H2;2*1H/t15-;;/m1../s1. The minimum Gasteiger partial charge on any atom is -0.507 e. The molecule has 2 aromatic carbocycles. The summed E-state index contributed by atoms with van der Waals surface area (Å²) in [6.45, 7) is 1.78. The predicted molar refractivity (Wildman–Crippen MR) is 93.3 cm³/mol. The Morgan fingerprint density at radius 2 is 1.54 bits per heavy atom. The van der Waals surface area contributed by atoms with Gasteiger partial charge in [-0.25, -0.2) is 0 Å². The van der Waals surface area contributed by atoms with Gasteiger partial charge in [-0.15, -0.1) is 24.8 Å². The lowest BCUT2D eigenvalue weighted by Crippen LogP contribution is -2.49. The van der Waals surface area contributed by atoms with Crippen LogP contribution in [0, 0.1) is 0 Å². The molecule has 0 radical (unpaired) electrons. The Bertz CT molecular complexity index is 676. The molecule has 1 aliphatic rings. The number of hydrogen-bond acceptors (Lipinski definition) is 3. The highest BCUT2D eigenvalue weighted by Gasteiger charge is 2.45. The molecule has 0 aliphatic carbocycles. The van der Waals surface area contributed by atoms with E-state index in [9.17, 15) is 18.3 Å². The smallest absolute Gasteiger partial charge is 0.408 e. The van der Waals surface area contributed by atoms with E-state index in [1.165, 1.54) is 17.0 Å². The van der Waals surface area contributed by atoms with Crippen LogP contribution in [0.25, 0.3) is 10.8 Å². The van der Waals surface area contributed by atoms with Crippen molar-refractivity contribution in [3.05, 3.63) is 42.0 Å². The molecule has 134 valence electrons. The summed E-state index contributed by atoms with van der Waals surface area (Å²) in [6, 6.07) is 7.75. The first-order valence-corrected chi connectivity index (χ1v) is 7.20. The second-order valence-corrected chi connectivity index (χ2v) is 5.45. The summed E-state index contributed by atoms with van der Waals surface area (Å²) in [5.74, 6) is 0.000542. The van der Waals surface area contributed by atoms with Gasteiger partial charge in [0.1, 0.15) is 11.8 Å². The van der Waals surface area contributed by atoms with Crippen LogP contribution in [0.15, 0.2) is 36.4 Å². The molecular formula is C16H19Cl2F3N2O. The van der Waals surface area contributed by atoms with Crippen molar-refractivity contribution in [3.63, 3.8) is 0 Å². The zero-order valence-corrected chi connectivity index (χ0v) is 14.3. The highest BCUT2D eigenvalue weighted by molar-refractivity contribution is 5.91. The van der Waals surface area contributed by atoms with Crippen molar-refractivity contribution < 1.29 is 18.3 Å². The third-order valence-corrected chi connectivity index (χ3v) is 4.06. The van der Waals surface area contributed by atoms with Crippen LogP contribution < -0.4 is 5.32 Å². The van der Waals surface area contributed by atoms with Crippen molar-refractivity contribution >= 4 is 35.6 Å². The van der Waals surface area contributed by atoms with E-state index in [0.29, 0.717) is 37.0 Å². The van der Waals surface area contributed by atoms with Gasteiger partial charge in [0.15, 0.2) is 0 Å². The number of alkyl halides is 3. The minimum atomic E-state index is -4.36. The highest BCUT2D eigenvalue weighted by Crippen LogP contribution is 2.42. The Labute approximate surface area is 150 Å². The SMILES string of the molecule is Cl.Cl.Oc1ccc([C@@H](N2CCNCC2)C(F)(F)F)c2ccccc12. The second-order valence-electron chi connectivity index (χ2n) is 5.45. The number of hydrogen-bond donors (Lipinski definition) is 2. The Morgan fingerprint density at radius 3 is 2.12 bits per heavy atom. The van der Waals surface area contributed by atoms with E-state index in [2.05, 4.69) is 5.32 Å². The first kappa shape index (κ1) is 20.8. The van der Waals surface area contributed by atoms with Gasteiger partial charge in [-0.1, -0.05) is 30.3 Å². The zero-order valence-electron chi connectivity index (χ0n) is 12.7. The van der Waals surface area contributed by atoms with E-state index >= 15 is 0 Å². The molecule has 1 atom stereocenters.